The first-order chi connectivity index (χ1) is 11.5. The van der Waals surface area contributed by atoms with Crippen molar-refractivity contribution in [3.05, 3.63) is 47.4 Å². The lowest BCUT2D eigenvalue weighted by molar-refractivity contribution is 0.400. The van der Waals surface area contributed by atoms with E-state index in [9.17, 15) is 4.39 Å². The summed E-state index contributed by atoms with van der Waals surface area (Å²) in [4.78, 5) is 2.13. The number of hydrogen-bond donors (Lipinski definition) is 2. The van der Waals surface area contributed by atoms with Gasteiger partial charge in [-0.25, -0.2) is 4.39 Å². The van der Waals surface area contributed by atoms with Crippen LogP contribution in [0.3, 0.4) is 0 Å². The molecule has 130 valence electrons. The number of aromatic nitrogens is 2. The minimum absolute atomic E-state index is 0.222. The van der Waals surface area contributed by atoms with Gasteiger partial charge in [-0.1, -0.05) is 18.2 Å². The number of rotatable bonds is 7. The fourth-order valence-corrected chi connectivity index (χ4v) is 2.48. The van der Waals surface area contributed by atoms with E-state index in [-0.39, 0.29) is 5.82 Å². The number of benzene rings is 1. The summed E-state index contributed by atoms with van der Waals surface area (Å²) in [5.74, 6) is 0.439. The molecular weight excluding hydrogens is 325 g/mol. The number of nitrogens with one attached hydrogen (secondary N) is 2. The molecule has 0 spiro atoms. The van der Waals surface area contributed by atoms with Crippen LogP contribution in [0.25, 0.3) is 0 Å². The van der Waals surface area contributed by atoms with E-state index in [1.165, 1.54) is 6.07 Å². The summed E-state index contributed by atoms with van der Waals surface area (Å²) >= 11 is 5.27. The Balaban J connectivity index is 1.89. The van der Waals surface area contributed by atoms with Crippen LogP contribution in [0.2, 0.25) is 0 Å². The SMILES string of the molecule is Cc1cc(NC(=S)NCCCN(C)C)nn1Cc1ccccc1F. The molecule has 0 saturated heterocycles. The fraction of sp³-hybridized carbons (Fsp3) is 0.412. The van der Waals surface area contributed by atoms with Crippen LogP contribution in [-0.2, 0) is 6.54 Å². The van der Waals surface area contributed by atoms with E-state index < -0.39 is 0 Å². The van der Waals surface area contributed by atoms with Crippen molar-refractivity contribution in [2.45, 2.75) is 19.9 Å². The molecule has 1 aromatic heterocycles. The molecule has 24 heavy (non-hydrogen) atoms. The van der Waals surface area contributed by atoms with Crippen LogP contribution in [0.4, 0.5) is 10.2 Å². The second-order valence-electron chi connectivity index (χ2n) is 5.96. The molecule has 0 amide bonds. The average Bonchev–Trinajstić information content (AvgIpc) is 2.85. The lowest BCUT2D eigenvalue weighted by atomic mass is 10.2. The Morgan fingerprint density at radius 1 is 1.33 bits per heavy atom. The van der Waals surface area contributed by atoms with Gasteiger partial charge in [-0.05, 0) is 52.3 Å². The smallest absolute Gasteiger partial charge is 0.171 e. The van der Waals surface area contributed by atoms with Gasteiger partial charge in [-0.2, -0.15) is 5.10 Å². The Morgan fingerprint density at radius 2 is 2.08 bits per heavy atom. The molecule has 1 heterocycles. The summed E-state index contributed by atoms with van der Waals surface area (Å²) in [6, 6.07) is 8.63. The Hall–Kier alpha value is -1.99. The van der Waals surface area contributed by atoms with Crippen molar-refractivity contribution >= 4 is 23.1 Å². The molecule has 0 bridgehead atoms. The minimum atomic E-state index is -0.222. The summed E-state index contributed by atoms with van der Waals surface area (Å²) < 4.78 is 15.5. The maximum atomic E-state index is 13.8. The van der Waals surface area contributed by atoms with Crippen molar-refractivity contribution < 1.29 is 4.39 Å². The third-order valence-corrected chi connectivity index (χ3v) is 3.81. The van der Waals surface area contributed by atoms with E-state index in [1.807, 2.05) is 33.2 Å². The molecule has 0 saturated carbocycles. The number of anilines is 1. The average molecular weight is 349 g/mol. The minimum Gasteiger partial charge on any atom is -0.362 e. The lowest BCUT2D eigenvalue weighted by Gasteiger charge is -2.11. The maximum absolute atomic E-state index is 13.8. The quantitative estimate of drug-likeness (QED) is 0.594. The fourth-order valence-electron chi connectivity index (χ4n) is 2.28. The first-order valence-corrected chi connectivity index (χ1v) is 8.34. The van der Waals surface area contributed by atoms with E-state index in [2.05, 4.69) is 20.6 Å². The number of halogens is 1. The molecule has 0 unspecified atom stereocenters. The Labute approximate surface area is 147 Å². The molecule has 0 radical (unpaired) electrons. The molecule has 0 fully saturated rings. The summed E-state index contributed by atoms with van der Waals surface area (Å²) in [5, 5.41) is 11.2. The molecule has 5 nitrogen and oxygen atoms in total. The van der Waals surface area contributed by atoms with Crippen LogP contribution >= 0.6 is 12.2 Å². The second kappa shape index (κ2) is 8.75. The van der Waals surface area contributed by atoms with Gasteiger partial charge in [0, 0.05) is 23.9 Å². The molecule has 0 aliphatic heterocycles. The van der Waals surface area contributed by atoms with E-state index in [1.54, 1.807) is 16.8 Å². The van der Waals surface area contributed by atoms with E-state index in [0.717, 1.165) is 25.2 Å². The van der Waals surface area contributed by atoms with Gasteiger partial charge < -0.3 is 15.5 Å². The predicted molar refractivity (Wildman–Crippen MR) is 99.9 cm³/mol. The molecule has 7 heteroatoms. The summed E-state index contributed by atoms with van der Waals surface area (Å²) in [5.41, 5.74) is 1.55. The van der Waals surface area contributed by atoms with E-state index >= 15 is 0 Å². The van der Waals surface area contributed by atoms with Crippen LogP contribution < -0.4 is 10.6 Å². The molecule has 2 N–H and O–H groups in total. The number of hydrogen-bond acceptors (Lipinski definition) is 3. The van der Waals surface area contributed by atoms with E-state index in [4.69, 9.17) is 12.2 Å². The number of aryl methyl sites for hydroxylation is 1. The van der Waals surface area contributed by atoms with Gasteiger partial charge in [-0.3, -0.25) is 4.68 Å². The van der Waals surface area contributed by atoms with Gasteiger partial charge in [0.2, 0.25) is 0 Å². The zero-order chi connectivity index (χ0) is 17.5. The Morgan fingerprint density at radius 3 is 2.79 bits per heavy atom. The maximum Gasteiger partial charge on any atom is 0.171 e. The molecule has 0 aliphatic carbocycles. The molecule has 0 aliphatic rings. The third-order valence-electron chi connectivity index (χ3n) is 3.57. The molecule has 0 atom stereocenters. The summed E-state index contributed by atoms with van der Waals surface area (Å²) in [6.45, 7) is 4.14. The summed E-state index contributed by atoms with van der Waals surface area (Å²) in [6.07, 6.45) is 1.01. The highest BCUT2D eigenvalue weighted by Gasteiger charge is 2.08. The van der Waals surface area contributed by atoms with Crippen LogP contribution in [-0.4, -0.2) is 47.0 Å². The Bertz CT molecular complexity index is 683. The van der Waals surface area contributed by atoms with Crippen LogP contribution in [0.1, 0.15) is 17.7 Å². The van der Waals surface area contributed by atoms with Gasteiger partial charge >= 0.3 is 0 Å². The molecule has 1 aromatic carbocycles. The normalized spacial score (nSPS) is 10.9. The third kappa shape index (κ3) is 5.58. The van der Waals surface area contributed by atoms with Gasteiger partial charge in [0.05, 0.1) is 6.54 Å². The van der Waals surface area contributed by atoms with Crippen molar-refractivity contribution in [2.75, 3.05) is 32.5 Å². The highest BCUT2D eigenvalue weighted by Crippen LogP contribution is 2.13. The van der Waals surface area contributed by atoms with Gasteiger partial charge in [0.15, 0.2) is 10.9 Å². The largest absolute Gasteiger partial charge is 0.362 e. The first-order valence-electron chi connectivity index (χ1n) is 7.93. The second-order valence-corrected chi connectivity index (χ2v) is 6.37. The van der Waals surface area contributed by atoms with Crippen LogP contribution in [0.5, 0.6) is 0 Å². The van der Waals surface area contributed by atoms with Crippen molar-refractivity contribution in [2.24, 2.45) is 0 Å². The van der Waals surface area contributed by atoms with Gasteiger partial charge in [-0.15, -0.1) is 0 Å². The van der Waals surface area contributed by atoms with Crippen LogP contribution in [0.15, 0.2) is 30.3 Å². The Kier molecular flexibility index (Phi) is 6.69. The summed E-state index contributed by atoms with van der Waals surface area (Å²) in [7, 11) is 4.09. The van der Waals surface area contributed by atoms with Crippen molar-refractivity contribution in [3.8, 4) is 0 Å². The first kappa shape index (κ1) is 18.4. The van der Waals surface area contributed by atoms with Gasteiger partial charge in [0.1, 0.15) is 5.82 Å². The number of thiocarbonyl (C=S) groups is 1. The van der Waals surface area contributed by atoms with Gasteiger partial charge in [0.25, 0.3) is 0 Å². The van der Waals surface area contributed by atoms with Crippen molar-refractivity contribution in [1.29, 1.82) is 0 Å². The van der Waals surface area contributed by atoms with Crippen LogP contribution in [0, 0.1) is 12.7 Å². The number of nitrogens with zero attached hydrogens (tertiary/aromatic N) is 3. The highest BCUT2D eigenvalue weighted by atomic mass is 32.1. The molecular formula is C17H24FN5S. The predicted octanol–water partition coefficient (Wildman–Crippen LogP) is 2.62. The van der Waals surface area contributed by atoms with E-state index in [0.29, 0.717) is 23.0 Å². The molecule has 2 aromatic rings. The standard InChI is InChI=1S/C17H24FN5S/c1-13-11-16(20-17(24)19-9-6-10-22(2)3)21-23(13)12-14-7-4-5-8-15(14)18/h4-5,7-8,11H,6,9-10,12H2,1-3H3,(H2,19,20,21,24). The zero-order valence-electron chi connectivity index (χ0n) is 14.3. The van der Waals surface area contributed by atoms with Crippen molar-refractivity contribution in [3.63, 3.8) is 0 Å². The highest BCUT2D eigenvalue weighted by molar-refractivity contribution is 7.80. The van der Waals surface area contributed by atoms with Crippen molar-refractivity contribution in [1.82, 2.24) is 20.0 Å². The topological polar surface area (TPSA) is 45.1 Å². The lowest BCUT2D eigenvalue weighted by Crippen LogP contribution is -2.31. The molecule has 2 rings (SSSR count). The zero-order valence-corrected chi connectivity index (χ0v) is 15.2. The monoisotopic (exact) mass is 349 g/mol.